The molecule has 0 unspecified atom stereocenters. The standard InChI is InChI=1S/C15H28O2/c1-6-9-10-11-13(15(4,5)7-2)12-14(16)17-8-3/h12H,6-11H2,1-5H3/b13-12-. The second-order valence-electron chi connectivity index (χ2n) is 5.12. The summed E-state index contributed by atoms with van der Waals surface area (Å²) in [5.74, 6) is -0.194. The van der Waals surface area contributed by atoms with Gasteiger partial charge in [-0.25, -0.2) is 4.79 Å². The van der Waals surface area contributed by atoms with E-state index < -0.39 is 0 Å². The molecule has 0 atom stereocenters. The largest absolute Gasteiger partial charge is 0.463 e. The molecule has 0 rings (SSSR count). The van der Waals surface area contributed by atoms with Crippen molar-refractivity contribution in [1.82, 2.24) is 0 Å². The van der Waals surface area contributed by atoms with Gasteiger partial charge in [0, 0.05) is 6.08 Å². The van der Waals surface area contributed by atoms with Crippen LogP contribution in [0.3, 0.4) is 0 Å². The van der Waals surface area contributed by atoms with Crippen molar-refractivity contribution in [2.24, 2.45) is 5.41 Å². The van der Waals surface area contributed by atoms with Crippen molar-refractivity contribution in [2.45, 2.75) is 66.7 Å². The van der Waals surface area contributed by atoms with Crippen molar-refractivity contribution in [2.75, 3.05) is 6.61 Å². The average Bonchev–Trinajstić information content (AvgIpc) is 2.28. The van der Waals surface area contributed by atoms with Gasteiger partial charge in [-0.2, -0.15) is 0 Å². The van der Waals surface area contributed by atoms with Crippen LogP contribution >= 0.6 is 0 Å². The van der Waals surface area contributed by atoms with Crippen molar-refractivity contribution in [3.63, 3.8) is 0 Å². The first-order valence-electron chi connectivity index (χ1n) is 6.85. The molecular weight excluding hydrogens is 212 g/mol. The van der Waals surface area contributed by atoms with Crippen LogP contribution in [-0.4, -0.2) is 12.6 Å². The highest BCUT2D eigenvalue weighted by Gasteiger charge is 2.21. The Morgan fingerprint density at radius 1 is 1.18 bits per heavy atom. The van der Waals surface area contributed by atoms with Gasteiger partial charge in [-0.3, -0.25) is 0 Å². The number of carbonyl (C=O) groups excluding carboxylic acids is 1. The molecule has 0 radical (unpaired) electrons. The minimum atomic E-state index is -0.194. The fourth-order valence-corrected chi connectivity index (χ4v) is 1.72. The quantitative estimate of drug-likeness (QED) is 0.355. The maximum atomic E-state index is 11.6. The van der Waals surface area contributed by atoms with Crippen LogP contribution in [0.2, 0.25) is 0 Å². The Labute approximate surface area is 106 Å². The molecule has 0 aromatic carbocycles. The lowest BCUT2D eigenvalue weighted by Crippen LogP contribution is -2.16. The molecule has 2 nitrogen and oxygen atoms in total. The van der Waals surface area contributed by atoms with E-state index in [1.807, 2.05) is 6.92 Å². The van der Waals surface area contributed by atoms with Gasteiger partial charge in [0.25, 0.3) is 0 Å². The van der Waals surface area contributed by atoms with Crippen LogP contribution in [0.1, 0.15) is 66.7 Å². The Kier molecular flexibility index (Phi) is 7.94. The zero-order chi connectivity index (χ0) is 13.3. The predicted molar refractivity (Wildman–Crippen MR) is 72.9 cm³/mol. The van der Waals surface area contributed by atoms with Crippen LogP contribution in [0.4, 0.5) is 0 Å². The molecule has 0 bridgehead atoms. The van der Waals surface area contributed by atoms with Crippen molar-refractivity contribution in [3.8, 4) is 0 Å². The molecule has 0 aromatic rings. The zero-order valence-corrected chi connectivity index (χ0v) is 12.1. The Morgan fingerprint density at radius 2 is 1.82 bits per heavy atom. The second-order valence-corrected chi connectivity index (χ2v) is 5.12. The van der Waals surface area contributed by atoms with Crippen molar-refractivity contribution in [1.29, 1.82) is 0 Å². The van der Waals surface area contributed by atoms with Crippen LogP contribution in [-0.2, 0) is 9.53 Å². The highest BCUT2D eigenvalue weighted by molar-refractivity contribution is 5.83. The molecule has 0 saturated carbocycles. The van der Waals surface area contributed by atoms with Crippen LogP contribution < -0.4 is 0 Å². The van der Waals surface area contributed by atoms with E-state index in [4.69, 9.17) is 4.74 Å². The number of carbonyl (C=O) groups is 1. The normalized spacial score (nSPS) is 12.6. The highest BCUT2D eigenvalue weighted by atomic mass is 16.5. The molecule has 0 aromatic heterocycles. The Balaban J connectivity index is 4.66. The summed E-state index contributed by atoms with van der Waals surface area (Å²) in [5.41, 5.74) is 1.33. The fraction of sp³-hybridized carbons (Fsp3) is 0.800. The molecule has 0 heterocycles. The first kappa shape index (κ1) is 16.2. The van der Waals surface area contributed by atoms with Crippen LogP contribution in [0.15, 0.2) is 11.6 Å². The molecule has 0 fully saturated rings. The Morgan fingerprint density at radius 3 is 2.29 bits per heavy atom. The maximum Gasteiger partial charge on any atom is 0.330 e. The minimum Gasteiger partial charge on any atom is -0.463 e. The van der Waals surface area contributed by atoms with E-state index in [-0.39, 0.29) is 11.4 Å². The van der Waals surface area contributed by atoms with Crippen molar-refractivity contribution < 1.29 is 9.53 Å². The summed E-state index contributed by atoms with van der Waals surface area (Å²) < 4.78 is 5.00. The van der Waals surface area contributed by atoms with Gasteiger partial charge in [-0.05, 0) is 31.6 Å². The predicted octanol–water partition coefficient (Wildman–Crippen LogP) is 4.49. The summed E-state index contributed by atoms with van der Waals surface area (Å²) in [4.78, 5) is 11.6. The number of allylic oxidation sites excluding steroid dienone is 1. The van der Waals surface area contributed by atoms with Crippen LogP contribution in [0.5, 0.6) is 0 Å². The Hall–Kier alpha value is -0.790. The summed E-state index contributed by atoms with van der Waals surface area (Å²) in [7, 11) is 0. The van der Waals surface area contributed by atoms with E-state index in [1.54, 1.807) is 6.08 Å². The van der Waals surface area contributed by atoms with E-state index in [9.17, 15) is 4.79 Å². The molecule has 17 heavy (non-hydrogen) atoms. The lowest BCUT2D eigenvalue weighted by molar-refractivity contribution is -0.137. The first-order valence-corrected chi connectivity index (χ1v) is 6.85. The van der Waals surface area contributed by atoms with Gasteiger partial charge in [0.2, 0.25) is 0 Å². The number of unbranched alkanes of at least 4 members (excludes halogenated alkanes) is 2. The van der Waals surface area contributed by atoms with Gasteiger partial charge in [0.05, 0.1) is 6.61 Å². The zero-order valence-electron chi connectivity index (χ0n) is 12.1. The average molecular weight is 240 g/mol. The third-order valence-electron chi connectivity index (χ3n) is 3.38. The molecule has 0 aliphatic rings. The number of ether oxygens (including phenoxy) is 1. The maximum absolute atomic E-state index is 11.6. The molecule has 0 aliphatic carbocycles. The van der Waals surface area contributed by atoms with E-state index in [0.29, 0.717) is 6.61 Å². The number of hydrogen-bond acceptors (Lipinski definition) is 2. The minimum absolute atomic E-state index is 0.0977. The van der Waals surface area contributed by atoms with E-state index in [0.717, 1.165) is 19.3 Å². The van der Waals surface area contributed by atoms with Crippen molar-refractivity contribution in [3.05, 3.63) is 11.6 Å². The summed E-state index contributed by atoms with van der Waals surface area (Å²) >= 11 is 0. The Bertz CT molecular complexity index is 252. The number of rotatable bonds is 8. The summed E-state index contributed by atoms with van der Waals surface area (Å²) in [6.45, 7) is 11.0. The van der Waals surface area contributed by atoms with E-state index in [1.165, 1.54) is 18.4 Å². The second kappa shape index (κ2) is 8.32. The van der Waals surface area contributed by atoms with Crippen LogP contribution in [0.25, 0.3) is 0 Å². The summed E-state index contributed by atoms with van der Waals surface area (Å²) in [5, 5.41) is 0. The summed E-state index contributed by atoms with van der Waals surface area (Å²) in [6, 6.07) is 0. The lowest BCUT2D eigenvalue weighted by atomic mass is 9.79. The van der Waals surface area contributed by atoms with Gasteiger partial charge in [-0.1, -0.05) is 46.1 Å². The molecular formula is C15H28O2. The lowest BCUT2D eigenvalue weighted by Gasteiger charge is -2.26. The third-order valence-corrected chi connectivity index (χ3v) is 3.38. The smallest absolute Gasteiger partial charge is 0.330 e. The SMILES string of the molecule is CCCCC/C(=C/C(=O)OCC)C(C)(C)CC. The molecule has 0 saturated heterocycles. The van der Waals surface area contributed by atoms with Crippen molar-refractivity contribution >= 4 is 5.97 Å². The molecule has 100 valence electrons. The van der Waals surface area contributed by atoms with Gasteiger partial charge in [0.1, 0.15) is 0 Å². The molecule has 0 spiro atoms. The molecule has 2 heteroatoms. The van der Waals surface area contributed by atoms with Gasteiger partial charge in [-0.15, -0.1) is 0 Å². The third kappa shape index (κ3) is 6.50. The molecule has 0 aliphatic heterocycles. The van der Waals surface area contributed by atoms with Gasteiger partial charge in [0.15, 0.2) is 0 Å². The van der Waals surface area contributed by atoms with Gasteiger partial charge < -0.3 is 4.74 Å². The van der Waals surface area contributed by atoms with Gasteiger partial charge >= 0.3 is 5.97 Å². The highest BCUT2D eigenvalue weighted by Crippen LogP contribution is 2.33. The molecule has 0 amide bonds. The number of hydrogen-bond donors (Lipinski definition) is 0. The monoisotopic (exact) mass is 240 g/mol. The molecule has 0 N–H and O–H groups in total. The fourth-order valence-electron chi connectivity index (χ4n) is 1.72. The summed E-state index contributed by atoms with van der Waals surface area (Å²) in [6.07, 6.45) is 7.35. The van der Waals surface area contributed by atoms with E-state index in [2.05, 4.69) is 27.7 Å². The van der Waals surface area contributed by atoms with Crippen LogP contribution in [0, 0.1) is 5.41 Å². The number of esters is 1. The first-order chi connectivity index (χ1) is 7.97. The topological polar surface area (TPSA) is 26.3 Å². The van der Waals surface area contributed by atoms with E-state index >= 15 is 0 Å².